The van der Waals surface area contributed by atoms with Crippen LogP contribution in [0, 0.1) is 0 Å². The van der Waals surface area contributed by atoms with E-state index in [1.807, 2.05) is 0 Å². The number of fused-ring (bicyclic) bond motifs is 3. The summed E-state index contributed by atoms with van der Waals surface area (Å²) >= 11 is 0. The average Bonchev–Trinajstić information content (AvgIpc) is 3.39. The predicted octanol–water partition coefficient (Wildman–Crippen LogP) is 9.95. The first-order valence-electron chi connectivity index (χ1n) is 14.0. The molecular formula is C39H31N. The summed E-state index contributed by atoms with van der Waals surface area (Å²) < 4.78 is 0. The van der Waals surface area contributed by atoms with Crippen molar-refractivity contribution in [1.82, 2.24) is 0 Å². The van der Waals surface area contributed by atoms with Crippen LogP contribution in [0.3, 0.4) is 0 Å². The monoisotopic (exact) mass is 513 g/mol. The second kappa shape index (κ2) is 10.4. The molecule has 1 aliphatic carbocycles. The van der Waals surface area contributed by atoms with Crippen molar-refractivity contribution in [2.24, 2.45) is 0 Å². The van der Waals surface area contributed by atoms with E-state index in [-0.39, 0.29) is 0 Å². The molecule has 6 aromatic carbocycles. The highest BCUT2D eigenvalue weighted by Gasteiger charge is 2.18. The zero-order valence-corrected chi connectivity index (χ0v) is 22.7. The topological polar surface area (TPSA) is 3.24 Å². The van der Waals surface area contributed by atoms with Crippen molar-refractivity contribution in [2.45, 2.75) is 12.8 Å². The molecule has 7 rings (SSSR count). The van der Waals surface area contributed by atoms with Gasteiger partial charge in [-0.2, -0.15) is 0 Å². The summed E-state index contributed by atoms with van der Waals surface area (Å²) in [5.74, 6) is 0. The van der Waals surface area contributed by atoms with E-state index in [0.29, 0.717) is 0 Å². The van der Waals surface area contributed by atoms with E-state index in [1.54, 1.807) is 0 Å². The maximum atomic E-state index is 2.36. The lowest BCUT2D eigenvalue weighted by atomic mass is 9.98. The van der Waals surface area contributed by atoms with Crippen LogP contribution in [0.25, 0.3) is 33.4 Å². The zero-order chi connectivity index (χ0) is 26.9. The van der Waals surface area contributed by atoms with Crippen molar-refractivity contribution < 1.29 is 0 Å². The van der Waals surface area contributed by atoms with Gasteiger partial charge in [-0.3, -0.25) is 0 Å². The molecule has 0 aromatic heterocycles. The molecule has 0 atom stereocenters. The Balaban J connectivity index is 1.06. The second-order valence-corrected chi connectivity index (χ2v) is 10.7. The Morgan fingerprint density at radius 1 is 0.450 bits per heavy atom. The Morgan fingerprint density at radius 2 is 1.02 bits per heavy atom. The van der Waals surface area contributed by atoms with Crippen molar-refractivity contribution in [2.75, 3.05) is 11.9 Å². The smallest absolute Gasteiger partial charge is 0.0408 e. The fraction of sp³-hybridized carbons (Fsp3) is 0.0769. The van der Waals surface area contributed by atoms with E-state index in [9.17, 15) is 0 Å². The molecule has 40 heavy (non-hydrogen) atoms. The van der Waals surface area contributed by atoms with Crippen LogP contribution >= 0.6 is 0 Å². The standard InChI is InChI=1S/C39H31N/c1-40(36-19-14-30(15-20-36)32-12-7-10-29(25-32)24-28-8-3-2-4-9-28)37-21-16-31(17-22-37)33-18-23-39-35(26-33)27-34-11-5-6-13-38(34)39/h2-23,25-26H,24,27H2,1H3. The lowest BCUT2D eigenvalue weighted by Crippen LogP contribution is -2.08. The van der Waals surface area contributed by atoms with E-state index >= 15 is 0 Å². The van der Waals surface area contributed by atoms with Crippen LogP contribution < -0.4 is 4.90 Å². The number of hydrogen-bond donors (Lipinski definition) is 0. The quantitative estimate of drug-likeness (QED) is 0.214. The SMILES string of the molecule is CN(c1ccc(-c2cccc(Cc3ccccc3)c2)cc1)c1ccc(-c2ccc3c(c2)Cc2ccccc2-3)cc1. The molecule has 1 aliphatic rings. The summed E-state index contributed by atoms with van der Waals surface area (Å²) in [6.45, 7) is 0. The third-order valence-corrected chi connectivity index (χ3v) is 8.15. The van der Waals surface area contributed by atoms with Crippen LogP contribution in [0.5, 0.6) is 0 Å². The highest BCUT2D eigenvalue weighted by Crippen LogP contribution is 2.39. The third kappa shape index (κ3) is 4.72. The lowest BCUT2D eigenvalue weighted by Gasteiger charge is -2.20. The predicted molar refractivity (Wildman–Crippen MR) is 169 cm³/mol. The van der Waals surface area contributed by atoms with Crippen LogP contribution in [-0.2, 0) is 12.8 Å². The molecule has 0 amide bonds. The van der Waals surface area contributed by atoms with E-state index in [4.69, 9.17) is 0 Å². The lowest BCUT2D eigenvalue weighted by molar-refractivity contribution is 1.19. The summed E-state index contributed by atoms with van der Waals surface area (Å²) in [7, 11) is 2.14. The molecule has 0 spiro atoms. The Morgan fingerprint density at radius 3 is 1.75 bits per heavy atom. The number of rotatable bonds is 6. The molecule has 0 saturated carbocycles. The third-order valence-electron chi connectivity index (χ3n) is 8.15. The Bertz CT molecular complexity index is 1780. The van der Waals surface area contributed by atoms with Gasteiger partial charge in [0.1, 0.15) is 0 Å². The number of nitrogens with zero attached hydrogens (tertiary/aromatic N) is 1. The van der Waals surface area contributed by atoms with Gasteiger partial charge in [-0.25, -0.2) is 0 Å². The molecule has 0 saturated heterocycles. The minimum absolute atomic E-state index is 0.949. The minimum atomic E-state index is 0.949. The summed E-state index contributed by atoms with van der Waals surface area (Å²) in [6, 6.07) is 53.0. The molecule has 1 nitrogen and oxygen atoms in total. The highest BCUT2D eigenvalue weighted by molar-refractivity contribution is 5.80. The van der Waals surface area contributed by atoms with Gasteiger partial charge in [-0.1, -0.05) is 121 Å². The fourth-order valence-corrected chi connectivity index (χ4v) is 5.92. The van der Waals surface area contributed by atoms with Gasteiger partial charge in [0.25, 0.3) is 0 Å². The van der Waals surface area contributed by atoms with Crippen molar-refractivity contribution in [3.63, 3.8) is 0 Å². The Hall–Kier alpha value is -4.88. The Kier molecular flexibility index (Phi) is 6.26. The maximum absolute atomic E-state index is 2.36. The van der Waals surface area contributed by atoms with E-state index < -0.39 is 0 Å². The first-order valence-corrected chi connectivity index (χ1v) is 14.0. The van der Waals surface area contributed by atoms with Crippen LogP contribution in [0.2, 0.25) is 0 Å². The van der Waals surface area contributed by atoms with Crippen LogP contribution in [-0.4, -0.2) is 7.05 Å². The highest BCUT2D eigenvalue weighted by atomic mass is 15.1. The van der Waals surface area contributed by atoms with Crippen molar-refractivity contribution >= 4 is 11.4 Å². The fourth-order valence-electron chi connectivity index (χ4n) is 5.92. The average molecular weight is 514 g/mol. The van der Waals surface area contributed by atoms with E-state index in [0.717, 1.165) is 12.8 Å². The van der Waals surface area contributed by atoms with E-state index in [1.165, 1.54) is 67.0 Å². The van der Waals surface area contributed by atoms with Gasteiger partial charge in [-0.15, -0.1) is 0 Å². The number of hydrogen-bond acceptors (Lipinski definition) is 1. The second-order valence-electron chi connectivity index (χ2n) is 10.7. The molecule has 0 radical (unpaired) electrons. The normalized spacial score (nSPS) is 11.6. The summed E-state index contributed by atoms with van der Waals surface area (Å²) in [4.78, 5) is 2.25. The molecule has 0 bridgehead atoms. The first-order chi connectivity index (χ1) is 19.7. The largest absolute Gasteiger partial charge is 0.345 e. The molecule has 0 heterocycles. The van der Waals surface area contributed by atoms with Gasteiger partial charge >= 0.3 is 0 Å². The molecule has 0 N–H and O–H groups in total. The Labute approximate surface area is 237 Å². The molecular weight excluding hydrogens is 482 g/mol. The molecule has 0 unspecified atom stereocenters. The molecule has 192 valence electrons. The van der Waals surface area contributed by atoms with Gasteiger partial charge in [0.05, 0.1) is 0 Å². The first kappa shape index (κ1) is 24.2. The van der Waals surface area contributed by atoms with Crippen LogP contribution in [0.15, 0.2) is 146 Å². The van der Waals surface area contributed by atoms with Crippen molar-refractivity contribution in [3.05, 3.63) is 168 Å². The van der Waals surface area contributed by atoms with Crippen molar-refractivity contribution in [3.8, 4) is 33.4 Å². The summed E-state index contributed by atoms with van der Waals surface area (Å²) in [6.07, 6.45) is 1.97. The van der Waals surface area contributed by atoms with Gasteiger partial charge in [-0.05, 0) is 92.7 Å². The minimum Gasteiger partial charge on any atom is -0.345 e. The summed E-state index contributed by atoms with van der Waals surface area (Å²) in [5, 5.41) is 0. The maximum Gasteiger partial charge on any atom is 0.0408 e. The summed E-state index contributed by atoms with van der Waals surface area (Å²) in [5.41, 5.74) is 15.6. The molecule has 1 heteroatoms. The zero-order valence-electron chi connectivity index (χ0n) is 22.7. The molecule has 0 aliphatic heterocycles. The van der Waals surface area contributed by atoms with Gasteiger partial charge in [0, 0.05) is 18.4 Å². The molecule has 6 aromatic rings. The van der Waals surface area contributed by atoms with Gasteiger partial charge < -0.3 is 4.90 Å². The van der Waals surface area contributed by atoms with Gasteiger partial charge in [0.2, 0.25) is 0 Å². The number of benzene rings is 6. The van der Waals surface area contributed by atoms with Crippen molar-refractivity contribution in [1.29, 1.82) is 0 Å². The number of anilines is 2. The van der Waals surface area contributed by atoms with Gasteiger partial charge in [0.15, 0.2) is 0 Å². The van der Waals surface area contributed by atoms with Crippen LogP contribution in [0.1, 0.15) is 22.3 Å². The molecule has 0 fully saturated rings. The van der Waals surface area contributed by atoms with Crippen LogP contribution in [0.4, 0.5) is 11.4 Å². The van der Waals surface area contributed by atoms with E-state index in [2.05, 4.69) is 158 Å².